The average Bonchev–Trinajstić information content (AvgIpc) is 2.09. The van der Waals surface area contributed by atoms with Gasteiger partial charge in [-0.25, -0.2) is 0 Å². The first-order valence-electron chi connectivity index (χ1n) is 4.13. The van der Waals surface area contributed by atoms with Crippen LogP contribution in [0, 0.1) is 12.3 Å². The second-order valence-electron chi connectivity index (χ2n) is 2.84. The zero-order valence-corrected chi connectivity index (χ0v) is 7.79. The topological polar surface area (TPSA) is 12.0 Å². The number of hydrogen-bond donors (Lipinski definition) is 1. The molecule has 0 amide bonds. The highest BCUT2D eigenvalue weighted by atomic mass is 32.2. The van der Waals surface area contributed by atoms with E-state index in [0.29, 0.717) is 5.25 Å². The van der Waals surface area contributed by atoms with Gasteiger partial charge in [0.1, 0.15) is 0 Å². The molecule has 1 fully saturated rings. The molecule has 1 aliphatic heterocycles. The lowest BCUT2D eigenvalue weighted by Crippen LogP contribution is -2.35. The SMILES string of the molecule is C#CC(NC)C1CCCCS1. The van der Waals surface area contributed by atoms with Crippen LogP contribution in [0.3, 0.4) is 0 Å². The van der Waals surface area contributed by atoms with Crippen molar-refractivity contribution < 1.29 is 0 Å². The van der Waals surface area contributed by atoms with Gasteiger partial charge < -0.3 is 5.32 Å². The van der Waals surface area contributed by atoms with Crippen LogP contribution < -0.4 is 5.32 Å². The van der Waals surface area contributed by atoms with Crippen molar-refractivity contribution in [1.82, 2.24) is 5.32 Å². The molecular weight excluding hydrogens is 154 g/mol. The van der Waals surface area contributed by atoms with Gasteiger partial charge in [0.25, 0.3) is 0 Å². The first-order chi connectivity index (χ1) is 5.38. The minimum absolute atomic E-state index is 0.278. The molecule has 1 N–H and O–H groups in total. The number of rotatable bonds is 2. The van der Waals surface area contributed by atoms with Gasteiger partial charge in [0, 0.05) is 5.25 Å². The molecule has 1 nitrogen and oxygen atoms in total. The summed E-state index contributed by atoms with van der Waals surface area (Å²) in [5, 5.41) is 3.82. The Morgan fingerprint density at radius 3 is 2.91 bits per heavy atom. The molecule has 0 aliphatic carbocycles. The summed E-state index contributed by atoms with van der Waals surface area (Å²) < 4.78 is 0. The van der Waals surface area contributed by atoms with E-state index >= 15 is 0 Å². The Balaban J connectivity index is 2.38. The van der Waals surface area contributed by atoms with Gasteiger partial charge in [0.15, 0.2) is 0 Å². The molecule has 2 atom stereocenters. The Morgan fingerprint density at radius 2 is 2.45 bits per heavy atom. The zero-order valence-electron chi connectivity index (χ0n) is 6.97. The Kier molecular flexibility index (Phi) is 3.82. The molecule has 0 spiro atoms. The lowest BCUT2D eigenvalue weighted by molar-refractivity contribution is 0.575. The van der Waals surface area contributed by atoms with Gasteiger partial charge in [-0.05, 0) is 25.6 Å². The van der Waals surface area contributed by atoms with Gasteiger partial charge in [-0.2, -0.15) is 11.8 Å². The molecule has 1 rings (SSSR count). The lowest BCUT2D eigenvalue weighted by atomic mass is 10.1. The molecule has 0 radical (unpaired) electrons. The molecule has 62 valence electrons. The van der Waals surface area contributed by atoms with Crippen LogP contribution in [-0.2, 0) is 0 Å². The number of hydrogen-bond acceptors (Lipinski definition) is 2. The third-order valence-corrected chi connectivity index (χ3v) is 3.54. The Morgan fingerprint density at radius 1 is 1.64 bits per heavy atom. The predicted molar refractivity (Wildman–Crippen MR) is 51.8 cm³/mol. The van der Waals surface area contributed by atoms with Gasteiger partial charge in [-0.3, -0.25) is 0 Å². The summed E-state index contributed by atoms with van der Waals surface area (Å²) in [4.78, 5) is 0. The summed E-state index contributed by atoms with van der Waals surface area (Å²) in [7, 11) is 1.94. The summed E-state index contributed by atoms with van der Waals surface area (Å²) in [5.41, 5.74) is 0. The fourth-order valence-corrected chi connectivity index (χ4v) is 2.82. The maximum Gasteiger partial charge on any atom is 0.0804 e. The average molecular weight is 169 g/mol. The van der Waals surface area contributed by atoms with Gasteiger partial charge >= 0.3 is 0 Å². The Bertz CT molecular complexity index is 144. The van der Waals surface area contributed by atoms with Crippen LogP contribution >= 0.6 is 11.8 Å². The van der Waals surface area contributed by atoms with E-state index in [1.165, 1.54) is 25.0 Å². The molecule has 1 aliphatic rings. The molecule has 1 heterocycles. The second-order valence-corrected chi connectivity index (χ2v) is 4.19. The minimum atomic E-state index is 0.278. The van der Waals surface area contributed by atoms with Crippen molar-refractivity contribution >= 4 is 11.8 Å². The van der Waals surface area contributed by atoms with E-state index in [1.807, 2.05) is 18.8 Å². The zero-order chi connectivity index (χ0) is 8.10. The molecule has 11 heavy (non-hydrogen) atoms. The molecule has 0 bridgehead atoms. The molecule has 0 aromatic rings. The van der Waals surface area contributed by atoms with E-state index in [9.17, 15) is 0 Å². The quantitative estimate of drug-likeness (QED) is 0.629. The van der Waals surface area contributed by atoms with Crippen LogP contribution in [0.4, 0.5) is 0 Å². The Hall–Kier alpha value is -0.130. The molecule has 1 saturated heterocycles. The van der Waals surface area contributed by atoms with Crippen LogP contribution in [0.1, 0.15) is 19.3 Å². The molecule has 2 unspecified atom stereocenters. The standard InChI is InChI=1S/C9H15NS/c1-3-8(10-2)9-6-4-5-7-11-9/h1,8-10H,4-7H2,2H3. The van der Waals surface area contributed by atoms with E-state index in [0.717, 1.165) is 0 Å². The monoisotopic (exact) mass is 169 g/mol. The van der Waals surface area contributed by atoms with Crippen molar-refractivity contribution in [3.05, 3.63) is 0 Å². The van der Waals surface area contributed by atoms with Crippen molar-refractivity contribution in [2.75, 3.05) is 12.8 Å². The third kappa shape index (κ3) is 2.43. The molecule has 0 aromatic heterocycles. The van der Waals surface area contributed by atoms with E-state index in [4.69, 9.17) is 6.42 Å². The van der Waals surface area contributed by atoms with E-state index in [2.05, 4.69) is 11.2 Å². The number of nitrogens with one attached hydrogen (secondary N) is 1. The predicted octanol–water partition coefficient (Wildman–Crippen LogP) is 1.49. The minimum Gasteiger partial charge on any atom is -0.306 e. The summed E-state index contributed by atoms with van der Waals surface area (Å²) in [6, 6.07) is 0.278. The molecule has 2 heteroatoms. The summed E-state index contributed by atoms with van der Waals surface area (Å²) in [5.74, 6) is 4.07. The van der Waals surface area contributed by atoms with Gasteiger partial charge in [0.05, 0.1) is 6.04 Å². The van der Waals surface area contributed by atoms with Crippen molar-refractivity contribution in [2.45, 2.75) is 30.6 Å². The van der Waals surface area contributed by atoms with Gasteiger partial charge in [-0.15, -0.1) is 6.42 Å². The summed E-state index contributed by atoms with van der Waals surface area (Å²) in [6.45, 7) is 0. The van der Waals surface area contributed by atoms with Crippen LogP contribution in [0.2, 0.25) is 0 Å². The van der Waals surface area contributed by atoms with Crippen molar-refractivity contribution in [3.63, 3.8) is 0 Å². The first-order valence-corrected chi connectivity index (χ1v) is 5.18. The van der Waals surface area contributed by atoms with E-state index in [-0.39, 0.29) is 6.04 Å². The summed E-state index contributed by atoms with van der Waals surface area (Å²) in [6.07, 6.45) is 9.37. The maximum atomic E-state index is 5.39. The molecule has 0 saturated carbocycles. The smallest absolute Gasteiger partial charge is 0.0804 e. The lowest BCUT2D eigenvalue weighted by Gasteiger charge is -2.25. The highest BCUT2D eigenvalue weighted by Gasteiger charge is 2.20. The first kappa shape index (κ1) is 8.96. The summed E-state index contributed by atoms with van der Waals surface area (Å²) >= 11 is 2.02. The van der Waals surface area contributed by atoms with Crippen LogP contribution in [0.5, 0.6) is 0 Å². The highest BCUT2D eigenvalue weighted by Crippen LogP contribution is 2.27. The van der Waals surface area contributed by atoms with Crippen LogP contribution in [0.15, 0.2) is 0 Å². The second kappa shape index (κ2) is 4.69. The van der Waals surface area contributed by atoms with E-state index < -0.39 is 0 Å². The maximum absolute atomic E-state index is 5.39. The third-order valence-electron chi connectivity index (χ3n) is 2.08. The largest absolute Gasteiger partial charge is 0.306 e. The van der Waals surface area contributed by atoms with Crippen molar-refractivity contribution in [3.8, 4) is 12.3 Å². The van der Waals surface area contributed by atoms with Crippen LogP contribution in [0.25, 0.3) is 0 Å². The van der Waals surface area contributed by atoms with Gasteiger partial charge in [-0.1, -0.05) is 12.3 Å². The Labute approximate surface area is 73.3 Å². The van der Waals surface area contributed by atoms with Crippen molar-refractivity contribution in [1.29, 1.82) is 0 Å². The van der Waals surface area contributed by atoms with E-state index in [1.54, 1.807) is 0 Å². The number of thioether (sulfide) groups is 1. The molecular formula is C9H15NS. The fourth-order valence-electron chi connectivity index (χ4n) is 1.41. The normalized spacial score (nSPS) is 27.5. The molecule has 0 aromatic carbocycles. The van der Waals surface area contributed by atoms with Crippen molar-refractivity contribution in [2.24, 2.45) is 0 Å². The van der Waals surface area contributed by atoms with Gasteiger partial charge in [0.2, 0.25) is 0 Å². The fraction of sp³-hybridized carbons (Fsp3) is 0.778. The highest BCUT2D eigenvalue weighted by molar-refractivity contribution is 8.00. The van der Waals surface area contributed by atoms with Crippen LogP contribution in [-0.4, -0.2) is 24.1 Å². The number of terminal acetylenes is 1.